The van der Waals surface area contributed by atoms with Gasteiger partial charge in [-0.25, -0.2) is 9.97 Å². The van der Waals surface area contributed by atoms with E-state index in [0.717, 1.165) is 0 Å². The van der Waals surface area contributed by atoms with Crippen LogP contribution in [0.15, 0.2) is 30.5 Å². The molecule has 1 amide bonds. The number of carbonyl (C=O) groups is 2. The fourth-order valence-corrected chi connectivity index (χ4v) is 2.75. The molecule has 0 bridgehead atoms. The third kappa shape index (κ3) is 2.22. The molecule has 1 aliphatic rings. The van der Waals surface area contributed by atoms with Gasteiger partial charge in [0.1, 0.15) is 11.7 Å². The molecule has 0 aliphatic carbocycles. The molecule has 1 N–H and O–H groups in total. The first-order chi connectivity index (χ1) is 10.5. The number of hydrogen-bond acceptors (Lipinski definition) is 4. The maximum atomic E-state index is 12.8. The zero-order valence-corrected chi connectivity index (χ0v) is 12.3. The van der Waals surface area contributed by atoms with E-state index in [-0.39, 0.29) is 12.5 Å². The lowest BCUT2D eigenvalue weighted by Crippen LogP contribution is -2.32. The van der Waals surface area contributed by atoms with Crippen molar-refractivity contribution >= 4 is 17.6 Å². The van der Waals surface area contributed by atoms with Crippen molar-refractivity contribution in [2.24, 2.45) is 0 Å². The molecule has 2 aromatic rings. The van der Waals surface area contributed by atoms with Gasteiger partial charge in [-0.3, -0.25) is 9.59 Å². The highest BCUT2D eigenvalue weighted by Gasteiger charge is 2.37. The maximum absolute atomic E-state index is 12.8. The third-order valence-corrected chi connectivity index (χ3v) is 3.84. The number of anilines is 1. The van der Waals surface area contributed by atoms with Gasteiger partial charge in [0.15, 0.2) is 0 Å². The van der Waals surface area contributed by atoms with Crippen LogP contribution in [0.25, 0.3) is 0 Å². The number of amides is 1. The van der Waals surface area contributed by atoms with Crippen molar-refractivity contribution in [3.63, 3.8) is 0 Å². The molecule has 0 saturated heterocycles. The average Bonchev–Trinajstić information content (AvgIpc) is 2.86. The normalized spacial score (nSPS) is 16.5. The van der Waals surface area contributed by atoms with Crippen LogP contribution < -0.4 is 4.90 Å². The van der Waals surface area contributed by atoms with E-state index in [1.807, 2.05) is 0 Å². The summed E-state index contributed by atoms with van der Waals surface area (Å²) < 4.78 is 0. The molecule has 0 saturated carbocycles. The molecule has 22 heavy (non-hydrogen) atoms. The minimum atomic E-state index is -0.931. The van der Waals surface area contributed by atoms with Crippen LogP contribution in [0.1, 0.15) is 33.4 Å². The van der Waals surface area contributed by atoms with E-state index < -0.39 is 11.9 Å². The largest absolute Gasteiger partial charge is 0.481 e. The van der Waals surface area contributed by atoms with Crippen molar-refractivity contribution in [1.29, 1.82) is 0 Å². The van der Waals surface area contributed by atoms with E-state index in [9.17, 15) is 14.7 Å². The molecule has 1 aromatic carbocycles. The second kappa shape index (κ2) is 5.22. The number of benzene rings is 1. The highest BCUT2D eigenvalue weighted by molar-refractivity contribution is 6.09. The van der Waals surface area contributed by atoms with Crippen molar-refractivity contribution in [3.8, 4) is 0 Å². The summed E-state index contributed by atoms with van der Waals surface area (Å²) in [6.07, 6.45) is 1.50. The molecule has 0 unspecified atom stereocenters. The monoisotopic (exact) mass is 297 g/mol. The summed E-state index contributed by atoms with van der Waals surface area (Å²) in [6.45, 7) is 3.63. The SMILES string of the molecule is Cc1ncc(C(=O)N2C[C@@H](C(=O)O)c3ccccc32)c(C)n1. The van der Waals surface area contributed by atoms with Crippen LogP contribution in [0.4, 0.5) is 5.69 Å². The van der Waals surface area contributed by atoms with Crippen LogP contribution in [0.5, 0.6) is 0 Å². The Bertz CT molecular complexity index is 773. The summed E-state index contributed by atoms with van der Waals surface area (Å²) in [4.78, 5) is 33.9. The van der Waals surface area contributed by atoms with Crippen LogP contribution in [0.2, 0.25) is 0 Å². The Morgan fingerprint density at radius 2 is 2.00 bits per heavy atom. The van der Waals surface area contributed by atoms with Gasteiger partial charge in [-0.05, 0) is 25.5 Å². The Hall–Kier alpha value is -2.76. The number of carboxylic acid groups (broad SMARTS) is 1. The van der Waals surface area contributed by atoms with Gasteiger partial charge >= 0.3 is 5.97 Å². The second-order valence-electron chi connectivity index (χ2n) is 5.28. The fraction of sp³-hybridized carbons (Fsp3) is 0.250. The standard InChI is InChI=1S/C16H15N3O3/c1-9-12(7-17-10(2)18-9)15(20)19-8-13(16(21)22)11-5-3-4-6-14(11)19/h3-7,13H,8H2,1-2H3,(H,21,22)/t13-/m1/s1. The number of fused-ring (bicyclic) bond motifs is 1. The predicted octanol–water partition coefficient (Wildman–Crippen LogP) is 1.92. The van der Waals surface area contributed by atoms with Crippen LogP contribution in [-0.2, 0) is 4.79 Å². The van der Waals surface area contributed by atoms with E-state index in [1.165, 1.54) is 11.1 Å². The van der Waals surface area contributed by atoms with E-state index in [4.69, 9.17) is 0 Å². The molecular formula is C16H15N3O3. The summed E-state index contributed by atoms with van der Waals surface area (Å²) >= 11 is 0. The molecule has 0 spiro atoms. The van der Waals surface area contributed by atoms with Crippen LogP contribution >= 0.6 is 0 Å². The zero-order valence-electron chi connectivity index (χ0n) is 12.3. The summed E-state index contributed by atoms with van der Waals surface area (Å²) in [6, 6.07) is 7.09. The second-order valence-corrected chi connectivity index (χ2v) is 5.28. The lowest BCUT2D eigenvalue weighted by atomic mass is 10.0. The number of para-hydroxylation sites is 1. The summed E-state index contributed by atoms with van der Waals surface area (Å²) in [7, 11) is 0. The lowest BCUT2D eigenvalue weighted by molar-refractivity contribution is -0.138. The number of nitrogens with zero attached hydrogens (tertiary/aromatic N) is 3. The Balaban J connectivity index is 2.02. The van der Waals surface area contributed by atoms with E-state index in [2.05, 4.69) is 9.97 Å². The van der Waals surface area contributed by atoms with Gasteiger partial charge in [-0.2, -0.15) is 0 Å². The first-order valence-corrected chi connectivity index (χ1v) is 6.93. The molecule has 3 rings (SSSR count). The van der Waals surface area contributed by atoms with Gasteiger partial charge in [0.05, 0.1) is 11.3 Å². The molecule has 1 aromatic heterocycles. The smallest absolute Gasteiger partial charge is 0.312 e. The highest BCUT2D eigenvalue weighted by Crippen LogP contribution is 2.37. The first kappa shape index (κ1) is 14.2. The van der Waals surface area contributed by atoms with E-state index in [0.29, 0.717) is 28.3 Å². The van der Waals surface area contributed by atoms with Crippen molar-refractivity contribution in [3.05, 3.63) is 53.1 Å². The number of aromatic nitrogens is 2. The number of aryl methyl sites for hydroxylation is 2. The fourth-order valence-electron chi connectivity index (χ4n) is 2.75. The Morgan fingerprint density at radius 3 is 2.68 bits per heavy atom. The number of carbonyl (C=O) groups excluding carboxylic acids is 1. The minimum Gasteiger partial charge on any atom is -0.481 e. The summed E-state index contributed by atoms with van der Waals surface area (Å²) in [5.41, 5.74) is 2.29. The van der Waals surface area contributed by atoms with Gasteiger partial charge < -0.3 is 10.0 Å². The molecule has 0 radical (unpaired) electrons. The highest BCUT2D eigenvalue weighted by atomic mass is 16.4. The number of aliphatic carboxylic acids is 1. The zero-order chi connectivity index (χ0) is 15.9. The number of hydrogen-bond donors (Lipinski definition) is 1. The van der Waals surface area contributed by atoms with Crippen LogP contribution in [0.3, 0.4) is 0 Å². The Kier molecular flexibility index (Phi) is 3.36. The number of rotatable bonds is 2. The predicted molar refractivity (Wildman–Crippen MR) is 80.0 cm³/mol. The topological polar surface area (TPSA) is 83.4 Å². The van der Waals surface area contributed by atoms with Gasteiger partial charge in [-0.15, -0.1) is 0 Å². The first-order valence-electron chi connectivity index (χ1n) is 6.93. The van der Waals surface area contributed by atoms with Crippen LogP contribution in [-0.4, -0.2) is 33.5 Å². The average molecular weight is 297 g/mol. The van der Waals surface area contributed by atoms with Crippen LogP contribution in [0, 0.1) is 13.8 Å². The van der Waals surface area contributed by atoms with E-state index >= 15 is 0 Å². The van der Waals surface area contributed by atoms with Crippen molar-refractivity contribution in [2.45, 2.75) is 19.8 Å². The van der Waals surface area contributed by atoms with Gasteiger partial charge in [0.2, 0.25) is 0 Å². The molecule has 112 valence electrons. The minimum absolute atomic E-state index is 0.126. The van der Waals surface area contributed by atoms with Gasteiger partial charge in [0, 0.05) is 18.4 Å². The Labute approximate surface area is 127 Å². The Morgan fingerprint density at radius 1 is 1.27 bits per heavy atom. The van der Waals surface area contributed by atoms with Crippen molar-refractivity contribution in [1.82, 2.24) is 9.97 Å². The molecule has 6 nitrogen and oxygen atoms in total. The molecule has 2 heterocycles. The van der Waals surface area contributed by atoms with Gasteiger partial charge in [0.25, 0.3) is 5.91 Å². The van der Waals surface area contributed by atoms with Crippen molar-refractivity contribution < 1.29 is 14.7 Å². The summed E-state index contributed by atoms with van der Waals surface area (Å²) in [5.74, 6) is -1.31. The molecular weight excluding hydrogens is 282 g/mol. The lowest BCUT2D eigenvalue weighted by Gasteiger charge is -2.18. The van der Waals surface area contributed by atoms with Crippen molar-refractivity contribution in [2.75, 3.05) is 11.4 Å². The van der Waals surface area contributed by atoms with E-state index in [1.54, 1.807) is 38.1 Å². The summed E-state index contributed by atoms with van der Waals surface area (Å²) in [5, 5.41) is 9.36. The molecule has 1 aliphatic heterocycles. The maximum Gasteiger partial charge on any atom is 0.312 e. The number of carboxylic acids is 1. The molecule has 6 heteroatoms. The molecule has 0 fully saturated rings. The quantitative estimate of drug-likeness (QED) is 0.915. The molecule has 1 atom stereocenters. The third-order valence-electron chi connectivity index (χ3n) is 3.84. The van der Waals surface area contributed by atoms with Gasteiger partial charge in [-0.1, -0.05) is 18.2 Å².